The highest BCUT2D eigenvalue weighted by Gasteiger charge is 2.12. The van der Waals surface area contributed by atoms with Crippen LogP contribution in [0.1, 0.15) is 42.9 Å². The van der Waals surface area contributed by atoms with E-state index >= 15 is 0 Å². The van der Waals surface area contributed by atoms with Crippen LogP contribution in [0.3, 0.4) is 0 Å². The first-order valence-corrected chi connectivity index (χ1v) is 10.7. The molecule has 0 aromatic heterocycles. The molecular formula is C22H28Cl2N2O4. The molecule has 0 radical (unpaired) electrons. The molecule has 0 aliphatic heterocycles. The number of ether oxygens (including phenoxy) is 1. The summed E-state index contributed by atoms with van der Waals surface area (Å²) >= 11 is 12.0. The maximum Gasteiger partial charge on any atom is 0.341 e. The molecule has 2 aromatic rings. The van der Waals surface area contributed by atoms with Crippen molar-refractivity contribution in [2.24, 2.45) is 0 Å². The van der Waals surface area contributed by atoms with Crippen LogP contribution in [0.25, 0.3) is 0 Å². The highest BCUT2D eigenvalue weighted by atomic mass is 35.5. The van der Waals surface area contributed by atoms with Crippen molar-refractivity contribution in [2.75, 3.05) is 25.4 Å². The predicted octanol–water partition coefficient (Wildman–Crippen LogP) is 4.47. The molecule has 0 saturated heterocycles. The highest BCUT2D eigenvalue weighted by Crippen LogP contribution is 2.31. The molecule has 6 nitrogen and oxygen atoms in total. The molecular weight excluding hydrogens is 427 g/mol. The lowest BCUT2D eigenvalue weighted by atomic mass is 10.1. The molecule has 8 heteroatoms. The van der Waals surface area contributed by atoms with Gasteiger partial charge in [-0.1, -0.05) is 54.2 Å². The molecule has 2 aromatic carbocycles. The van der Waals surface area contributed by atoms with E-state index in [2.05, 4.69) is 5.32 Å². The van der Waals surface area contributed by atoms with Crippen molar-refractivity contribution in [1.82, 2.24) is 5.32 Å². The van der Waals surface area contributed by atoms with Crippen LogP contribution in [0.4, 0.5) is 5.69 Å². The van der Waals surface area contributed by atoms with Gasteiger partial charge in [-0.05, 0) is 55.1 Å². The lowest BCUT2D eigenvalue weighted by Crippen LogP contribution is -2.22. The zero-order chi connectivity index (χ0) is 21.9. The highest BCUT2D eigenvalue weighted by molar-refractivity contribution is 6.38. The Labute approximate surface area is 186 Å². The summed E-state index contributed by atoms with van der Waals surface area (Å²) in [6, 6.07) is 10.8. The largest absolute Gasteiger partial charge is 0.482 e. The molecule has 0 spiro atoms. The van der Waals surface area contributed by atoms with Crippen LogP contribution >= 0.6 is 23.2 Å². The number of carbonyl (C=O) groups is 1. The van der Waals surface area contributed by atoms with Crippen molar-refractivity contribution < 1.29 is 19.7 Å². The summed E-state index contributed by atoms with van der Waals surface area (Å²) in [5.74, 6) is -0.344. The number of unbranched alkanes of at least 4 members (excludes halogenated alkanes) is 3. The number of rotatable bonds is 13. The van der Waals surface area contributed by atoms with Crippen molar-refractivity contribution in [1.29, 1.82) is 0 Å². The zero-order valence-corrected chi connectivity index (χ0v) is 18.3. The van der Waals surface area contributed by atoms with E-state index in [1.807, 2.05) is 18.2 Å². The van der Waals surface area contributed by atoms with Crippen molar-refractivity contribution in [2.45, 2.75) is 38.2 Å². The number of aliphatic hydroxyl groups is 1. The lowest BCUT2D eigenvalue weighted by Gasteiger charge is -2.14. The Bertz CT molecular complexity index is 810. The molecule has 0 aliphatic rings. The van der Waals surface area contributed by atoms with Crippen LogP contribution in [-0.2, 0) is 11.2 Å². The Kier molecular flexibility index (Phi) is 10.2. The van der Waals surface area contributed by atoms with Crippen LogP contribution in [0.2, 0.25) is 10.0 Å². The van der Waals surface area contributed by atoms with Gasteiger partial charge in [-0.25, -0.2) is 4.79 Å². The van der Waals surface area contributed by atoms with Gasteiger partial charge in [0, 0.05) is 6.54 Å². The van der Waals surface area contributed by atoms with Crippen molar-refractivity contribution in [3.05, 3.63) is 57.6 Å². The van der Waals surface area contributed by atoms with Crippen LogP contribution in [0, 0.1) is 0 Å². The van der Waals surface area contributed by atoms with Crippen molar-refractivity contribution in [3.63, 3.8) is 0 Å². The van der Waals surface area contributed by atoms with E-state index in [9.17, 15) is 9.90 Å². The lowest BCUT2D eigenvalue weighted by molar-refractivity contribution is -0.139. The summed E-state index contributed by atoms with van der Waals surface area (Å²) in [5.41, 5.74) is 7.69. The molecule has 0 fully saturated rings. The number of halogens is 2. The first-order chi connectivity index (χ1) is 14.4. The van der Waals surface area contributed by atoms with Crippen LogP contribution in [0.5, 0.6) is 5.75 Å². The van der Waals surface area contributed by atoms with E-state index in [4.69, 9.17) is 38.8 Å². The number of nitrogens with one attached hydrogen (secondary N) is 1. The van der Waals surface area contributed by atoms with Gasteiger partial charge in [-0.15, -0.1) is 0 Å². The number of aliphatic hydroxyl groups excluding tert-OH is 1. The van der Waals surface area contributed by atoms with E-state index in [0.717, 1.165) is 44.2 Å². The summed E-state index contributed by atoms with van der Waals surface area (Å²) < 4.78 is 5.33. The molecule has 164 valence electrons. The Morgan fingerprint density at radius 2 is 1.77 bits per heavy atom. The summed E-state index contributed by atoms with van der Waals surface area (Å²) in [5, 5.41) is 22.9. The normalized spacial score (nSPS) is 12.0. The van der Waals surface area contributed by atoms with E-state index < -0.39 is 12.1 Å². The average molecular weight is 455 g/mol. The van der Waals surface area contributed by atoms with Gasteiger partial charge in [-0.2, -0.15) is 0 Å². The second-order valence-electron chi connectivity index (χ2n) is 7.07. The topological polar surface area (TPSA) is 105 Å². The molecule has 30 heavy (non-hydrogen) atoms. The van der Waals surface area contributed by atoms with Gasteiger partial charge in [0.1, 0.15) is 5.75 Å². The van der Waals surface area contributed by atoms with E-state index in [1.165, 1.54) is 0 Å². The SMILES string of the molecule is Nc1c(Cl)cc(C(O)CNCCCCCCc2ccccc2OCC(=O)O)cc1Cl. The van der Waals surface area contributed by atoms with Crippen LogP contribution in [0.15, 0.2) is 36.4 Å². The molecule has 0 bridgehead atoms. The zero-order valence-electron chi connectivity index (χ0n) is 16.7. The number of para-hydroxylation sites is 1. The van der Waals surface area contributed by atoms with Gasteiger partial charge in [-0.3, -0.25) is 0 Å². The van der Waals surface area contributed by atoms with Gasteiger partial charge in [0.15, 0.2) is 6.61 Å². The number of nitrogens with two attached hydrogens (primary N) is 1. The first kappa shape index (κ1) is 24.3. The molecule has 0 saturated carbocycles. The minimum Gasteiger partial charge on any atom is -0.482 e. The molecule has 0 aliphatic carbocycles. The maximum absolute atomic E-state index is 10.7. The van der Waals surface area contributed by atoms with Crippen LogP contribution in [-0.4, -0.2) is 35.9 Å². The van der Waals surface area contributed by atoms with Crippen molar-refractivity contribution >= 4 is 34.9 Å². The van der Waals surface area contributed by atoms with E-state index in [0.29, 0.717) is 33.6 Å². The van der Waals surface area contributed by atoms with Crippen LogP contribution < -0.4 is 15.8 Å². The number of anilines is 1. The third-order valence-electron chi connectivity index (χ3n) is 4.70. The summed E-state index contributed by atoms with van der Waals surface area (Å²) in [6.45, 7) is 0.875. The molecule has 5 N–H and O–H groups in total. The number of benzene rings is 2. The standard InChI is InChI=1S/C22H28Cl2N2O4/c23-17-11-16(12-18(24)22(17)25)19(27)13-26-10-6-2-1-3-7-15-8-4-5-9-20(15)30-14-21(28)29/h4-5,8-9,11-12,19,26-27H,1-3,6-7,10,13-14,25H2,(H,28,29). The van der Waals surface area contributed by atoms with Gasteiger partial charge < -0.3 is 26.0 Å². The second kappa shape index (κ2) is 12.6. The molecule has 0 amide bonds. The monoisotopic (exact) mass is 454 g/mol. The van der Waals surface area contributed by atoms with Crippen molar-refractivity contribution in [3.8, 4) is 5.75 Å². The third kappa shape index (κ3) is 8.03. The number of aliphatic carboxylic acids is 1. The quantitative estimate of drug-likeness (QED) is 0.263. The Morgan fingerprint density at radius 1 is 1.10 bits per heavy atom. The van der Waals surface area contributed by atoms with Gasteiger partial charge >= 0.3 is 5.97 Å². The smallest absolute Gasteiger partial charge is 0.341 e. The molecule has 2 rings (SSSR count). The minimum absolute atomic E-state index is 0.318. The third-order valence-corrected chi connectivity index (χ3v) is 5.32. The number of carboxylic acid groups (broad SMARTS) is 1. The van der Waals surface area contributed by atoms with Gasteiger partial charge in [0.25, 0.3) is 0 Å². The number of carboxylic acids is 1. The molecule has 1 unspecified atom stereocenters. The predicted molar refractivity (Wildman–Crippen MR) is 120 cm³/mol. The Hall–Kier alpha value is -1.99. The number of hydrogen-bond acceptors (Lipinski definition) is 5. The molecule has 1 atom stereocenters. The average Bonchev–Trinajstić information content (AvgIpc) is 2.72. The van der Waals surface area contributed by atoms with Gasteiger partial charge in [0.05, 0.1) is 21.8 Å². The number of aryl methyl sites for hydroxylation is 1. The fourth-order valence-corrected chi connectivity index (χ4v) is 3.57. The summed E-state index contributed by atoms with van der Waals surface area (Å²) in [7, 11) is 0. The van der Waals surface area contributed by atoms with E-state index in [-0.39, 0.29) is 6.61 Å². The Balaban J connectivity index is 1.61. The Morgan fingerprint density at radius 3 is 2.47 bits per heavy atom. The van der Waals surface area contributed by atoms with Gasteiger partial charge in [0.2, 0.25) is 0 Å². The fourth-order valence-electron chi connectivity index (χ4n) is 3.06. The second-order valence-corrected chi connectivity index (χ2v) is 7.89. The first-order valence-electron chi connectivity index (χ1n) is 9.94. The number of nitrogen functional groups attached to an aromatic ring is 1. The fraction of sp³-hybridized carbons (Fsp3) is 0.409. The number of hydrogen-bond donors (Lipinski definition) is 4. The maximum atomic E-state index is 10.7. The summed E-state index contributed by atoms with van der Waals surface area (Å²) in [4.78, 5) is 10.7. The molecule has 0 heterocycles. The van der Waals surface area contributed by atoms with E-state index in [1.54, 1.807) is 18.2 Å². The summed E-state index contributed by atoms with van der Waals surface area (Å²) in [6.07, 6.45) is 4.25. The minimum atomic E-state index is -0.981.